The summed E-state index contributed by atoms with van der Waals surface area (Å²) in [5.41, 5.74) is -0.122. The summed E-state index contributed by atoms with van der Waals surface area (Å²) in [5, 5.41) is 0. The second-order valence-electron chi connectivity index (χ2n) is 6.47. The van der Waals surface area contributed by atoms with Crippen LogP contribution in [0.4, 0.5) is 13.2 Å². The first kappa shape index (κ1) is 19.7. The van der Waals surface area contributed by atoms with Crippen molar-refractivity contribution in [2.45, 2.75) is 60.1 Å². The standard InChI is InChI=1S/C12H12BF3N2.C5H12/c1-7(11(3-4-11)12(14,15)16)5-9-8(2)18-10(13)6-17-9;1-4-5(2)3/h5-6H,3-4H2,1-2H3;5H,4H2,1-3H3/b7-5+;. The minimum absolute atomic E-state index is 0.153. The van der Waals surface area contributed by atoms with E-state index in [-0.39, 0.29) is 24.0 Å². The van der Waals surface area contributed by atoms with Gasteiger partial charge in [0.25, 0.3) is 0 Å². The van der Waals surface area contributed by atoms with Gasteiger partial charge in [0.1, 0.15) is 7.85 Å². The summed E-state index contributed by atoms with van der Waals surface area (Å²) < 4.78 is 38.8. The highest BCUT2D eigenvalue weighted by Crippen LogP contribution is 2.62. The lowest BCUT2D eigenvalue weighted by molar-refractivity contribution is -0.174. The Morgan fingerprint density at radius 2 is 1.91 bits per heavy atom. The maximum absolute atomic E-state index is 12.9. The van der Waals surface area contributed by atoms with Crippen LogP contribution in [0.15, 0.2) is 11.8 Å². The van der Waals surface area contributed by atoms with Gasteiger partial charge in [-0.15, -0.1) is 0 Å². The maximum atomic E-state index is 12.9. The predicted molar refractivity (Wildman–Crippen MR) is 88.7 cm³/mol. The molecule has 23 heavy (non-hydrogen) atoms. The molecule has 0 bridgehead atoms. The summed E-state index contributed by atoms with van der Waals surface area (Å²) in [6.45, 7) is 9.82. The molecule has 0 saturated heterocycles. The van der Waals surface area contributed by atoms with Crippen LogP contribution < -0.4 is 5.59 Å². The maximum Gasteiger partial charge on any atom is 0.398 e. The van der Waals surface area contributed by atoms with Crippen LogP contribution in [0.2, 0.25) is 0 Å². The highest BCUT2D eigenvalue weighted by atomic mass is 19.4. The van der Waals surface area contributed by atoms with Gasteiger partial charge >= 0.3 is 6.18 Å². The molecule has 0 aliphatic heterocycles. The van der Waals surface area contributed by atoms with E-state index < -0.39 is 11.6 Å². The van der Waals surface area contributed by atoms with E-state index in [1.165, 1.54) is 25.6 Å². The molecule has 0 N–H and O–H groups in total. The van der Waals surface area contributed by atoms with Crippen molar-refractivity contribution in [3.8, 4) is 0 Å². The number of hydrogen-bond acceptors (Lipinski definition) is 2. The SMILES string of the molecule is CCC(C)C.[B]c1cnc(/C=C(\C)C2(C(F)(F)F)CC2)c(C)n1. The average Bonchev–Trinajstić information content (AvgIpc) is 3.23. The van der Waals surface area contributed by atoms with Crippen LogP contribution in [0.1, 0.15) is 58.3 Å². The quantitative estimate of drug-likeness (QED) is 0.771. The van der Waals surface area contributed by atoms with Crippen LogP contribution in [0, 0.1) is 18.3 Å². The Kier molecular flexibility index (Phi) is 6.43. The number of nitrogens with zero attached hydrogens (tertiary/aromatic N) is 2. The molecule has 2 rings (SSSR count). The summed E-state index contributed by atoms with van der Waals surface area (Å²) in [4.78, 5) is 7.99. The molecule has 0 spiro atoms. The van der Waals surface area contributed by atoms with Crippen molar-refractivity contribution >= 4 is 19.5 Å². The lowest BCUT2D eigenvalue weighted by atomic mass is 9.95. The Labute approximate surface area is 138 Å². The molecular weight excluding hydrogens is 300 g/mol. The topological polar surface area (TPSA) is 25.8 Å². The Balaban J connectivity index is 0.000000463. The molecule has 1 aliphatic rings. The Morgan fingerprint density at radius 1 is 1.39 bits per heavy atom. The monoisotopic (exact) mass is 324 g/mol. The summed E-state index contributed by atoms with van der Waals surface area (Å²) in [6, 6.07) is 0. The Bertz CT molecular complexity index is 561. The summed E-state index contributed by atoms with van der Waals surface area (Å²) in [5.74, 6) is 0.884. The average molecular weight is 324 g/mol. The Hall–Kier alpha value is -1.33. The molecule has 0 amide bonds. The summed E-state index contributed by atoms with van der Waals surface area (Å²) >= 11 is 0. The zero-order chi connectivity index (χ0) is 17.8. The van der Waals surface area contributed by atoms with Crippen molar-refractivity contribution in [3.63, 3.8) is 0 Å². The third-order valence-electron chi connectivity index (χ3n) is 4.22. The lowest BCUT2D eigenvalue weighted by Gasteiger charge is -2.20. The van der Waals surface area contributed by atoms with Crippen molar-refractivity contribution < 1.29 is 13.2 Å². The first-order valence-corrected chi connectivity index (χ1v) is 7.88. The zero-order valence-corrected chi connectivity index (χ0v) is 14.5. The van der Waals surface area contributed by atoms with Crippen molar-refractivity contribution in [1.82, 2.24) is 9.97 Å². The predicted octanol–water partition coefficient (Wildman–Crippen LogP) is 4.38. The minimum Gasteiger partial charge on any atom is -0.266 e. The van der Waals surface area contributed by atoms with E-state index in [2.05, 4.69) is 30.7 Å². The molecule has 1 heterocycles. The van der Waals surface area contributed by atoms with Crippen molar-refractivity contribution in [2.75, 3.05) is 0 Å². The van der Waals surface area contributed by atoms with Crippen LogP contribution in [-0.4, -0.2) is 24.0 Å². The molecule has 0 atom stereocenters. The summed E-state index contributed by atoms with van der Waals surface area (Å²) in [6.07, 6.45) is 0.227. The smallest absolute Gasteiger partial charge is 0.266 e. The van der Waals surface area contributed by atoms with Gasteiger partial charge in [-0.1, -0.05) is 32.8 Å². The fraction of sp³-hybridized carbons (Fsp3) is 0.647. The molecule has 6 heteroatoms. The van der Waals surface area contributed by atoms with Crippen LogP contribution in [0.25, 0.3) is 6.08 Å². The van der Waals surface area contributed by atoms with E-state index in [4.69, 9.17) is 7.85 Å². The van der Waals surface area contributed by atoms with Crippen LogP contribution in [-0.2, 0) is 0 Å². The first-order valence-electron chi connectivity index (χ1n) is 7.88. The van der Waals surface area contributed by atoms with E-state index in [9.17, 15) is 13.2 Å². The molecule has 1 saturated carbocycles. The number of aryl methyl sites for hydroxylation is 1. The van der Waals surface area contributed by atoms with Gasteiger partial charge in [-0.3, -0.25) is 9.97 Å². The highest BCUT2D eigenvalue weighted by Gasteiger charge is 2.64. The number of alkyl halides is 3. The molecule has 2 nitrogen and oxygen atoms in total. The first-order chi connectivity index (χ1) is 10.5. The highest BCUT2D eigenvalue weighted by molar-refractivity contribution is 6.30. The second-order valence-corrected chi connectivity index (χ2v) is 6.47. The largest absolute Gasteiger partial charge is 0.398 e. The van der Waals surface area contributed by atoms with E-state index >= 15 is 0 Å². The summed E-state index contributed by atoms with van der Waals surface area (Å²) in [7, 11) is 5.45. The fourth-order valence-electron chi connectivity index (χ4n) is 2.02. The minimum atomic E-state index is -4.19. The molecule has 0 aromatic carbocycles. The third-order valence-corrected chi connectivity index (χ3v) is 4.22. The van der Waals surface area contributed by atoms with Crippen molar-refractivity contribution in [3.05, 3.63) is 23.2 Å². The van der Waals surface area contributed by atoms with Crippen molar-refractivity contribution in [1.29, 1.82) is 0 Å². The second kappa shape index (κ2) is 7.50. The molecule has 1 aliphatic carbocycles. The van der Waals surface area contributed by atoms with Crippen LogP contribution in [0.3, 0.4) is 0 Å². The number of halogens is 3. The van der Waals surface area contributed by atoms with Gasteiger partial charge in [-0.2, -0.15) is 13.2 Å². The van der Waals surface area contributed by atoms with Crippen LogP contribution >= 0.6 is 0 Å². The molecule has 0 unspecified atom stereocenters. The zero-order valence-electron chi connectivity index (χ0n) is 14.5. The van der Waals surface area contributed by atoms with Crippen LogP contribution in [0.5, 0.6) is 0 Å². The molecule has 2 radical (unpaired) electrons. The van der Waals surface area contributed by atoms with Gasteiger partial charge < -0.3 is 0 Å². The normalized spacial score (nSPS) is 16.8. The lowest BCUT2D eigenvalue weighted by Crippen LogP contribution is -2.25. The van der Waals surface area contributed by atoms with E-state index in [1.54, 1.807) is 6.92 Å². The number of allylic oxidation sites excluding steroid dienone is 1. The molecular formula is C17H24BF3N2. The Morgan fingerprint density at radius 3 is 2.26 bits per heavy atom. The van der Waals surface area contributed by atoms with Gasteiger partial charge in [-0.05, 0) is 38.7 Å². The van der Waals surface area contributed by atoms with E-state index in [1.807, 2.05) is 0 Å². The van der Waals surface area contributed by atoms with Crippen molar-refractivity contribution in [2.24, 2.45) is 11.3 Å². The number of hydrogen-bond donors (Lipinski definition) is 0. The van der Waals surface area contributed by atoms with Gasteiger partial charge in [0.15, 0.2) is 0 Å². The van der Waals surface area contributed by atoms with Gasteiger partial charge in [0, 0.05) is 11.8 Å². The van der Waals surface area contributed by atoms with Gasteiger partial charge in [0.05, 0.1) is 16.8 Å². The fourth-order valence-corrected chi connectivity index (χ4v) is 2.02. The van der Waals surface area contributed by atoms with Gasteiger partial charge in [-0.25, -0.2) is 0 Å². The van der Waals surface area contributed by atoms with Gasteiger partial charge in [0.2, 0.25) is 0 Å². The molecule has 1 aromatic rings. The van der Waals surface area contributed by atoms with E-state index in [0.717, 1.165) is 5.92 Å². The number of aromatic nitrogens is 2. The molecule has 1 aromatic heterocycles. The van der Waals surface area contributed by atoms with E-state index in [0.29, 0.717) is 11.4 Å². The molecule has 126 valence electrons. The third kappa shape index (κ3) is 5.08. The molecule has 1 fully saturated rings. The number of rotatable bonds is 3.